The van der Waals surface area contributed by atoms with Crippen molar-refractivity contribution >= 4 is 39.4 Å². The molecule has 0 saturated carbocycles. The third-order valence-electron chi connectivity index (χ3n) is 4.52. The molecule has 1 aromatic heterocycles. The van der Waals surface area contributed by atoms with Crippen molar-refractivity contribution in [2.45, 2.75) is 6.54 Å². The minimum Gasteiger partial charge on any atom is -0.496 e. The molecule has 1 N–H and O–H groups in total. The second-order valence-corrected chi connectivity index (χ2v) is 7.52. The highest BCUT2D eigenvalue weighted by Gasteiger charge is 2.25. The fraction of sp³-hybridized carbons (Fsp3) is 0.150. The summed E-state index contributed by atoms with van der Waals surface area (Å²) in [6, 6.07) is 8.89. The van der Waals surface area contributed by atoms with Gasteiger partial charge < -0.3 is 9.47 Å². The van der Waals surface area contributed by atoms with Crippen molar-refractivity contribution in [1.82, 2.24) is 15.2 Å². The van der Waals surface area contributed by atoms with Gasteiger partial charge in [-0.05, 0) is 27.6 Å². The molecule has 3 rings (SSSR count). The Labute approximate surface area is 200 Å². The summed E-state index contributed by atoms with van der Waals surface area (Å²) in [6.07, 6.45) is 2.41. The van der Waals surface area contributed by atoms with Crippen molar-refractivity contribution < 1.29 is 24.1 Å². The van der Waals surface area contributed by atoms with Crippen LogP contribution in [0.5, 0.6) is 11.5 Å². The summed E-state index contributed by atoms with van der Waals surface area (Å²) in [5.74, 6) is 0.0700. The van der Waals surface area contributed by atoms with Crippen molar-refractivity contribution in [2.24, 2.45) is 5.10 Å². The number of hydrazone groups is 1. The van der Waals surface area contributed by atoms with E-state index in [9.17, 15) is 25.0 Å². The van der Waals surface area contributed by atoms with E-state index < -0.39 is 27.1 Å². The normalized spacial score (nSPS) is 10.8. The second kappa shape index (κ2) is 10.5. The molecule has 0 fully saturated rings. The van der Waals surface area contributed by atoms with Crippen LogP contribution in [-0.2, 0) is 6.54 Å². The van der Waals surface area contributed by atoms with E-state index in [2.05, 4.69) is 31.6 Å². The maximum atomic E-state index is 12.5. The van der Waals surface area contributed by atoms with Crippen LogP contribution in [0.25, 0.3) is 0 Å². The fourth-order valence-electron chi connectivity index (χ4n) is 2.89. The van der Waals surface area contributed by atoms with Crippen molar-refractivity contribution in [3.05, 3.63) is 84.1 Å². The van der Waals surface area contributed by atoms with Gasteiger partial charge in [-0.15, -0.1) is 0 Å². The highest BCUT2D eigenvalue weighted by atomic mass is 79.9. The van der Waals surface area contributed by atoms with E-state index in [0.29, 0.717) is 27.1 Å². The molecule has 1 amide bonds. The van der Waals surface area contributed by atoms with Crippen LogP contribution in [0.1, 0.15) is 21.6 Å². The Balaban J connectivity index is 1.78. The predicted octanol–water partition coefficient (Wildman–Crippen LogP) is 3.29. The number of rotatable bonds is 9. The molecule has 0 bridgehead atoms. The Bertz CT molecular complexity index is 1270. The van der Waals surface area contributed by atoms with Crippen LogP contribution < -0.4 is 14.9 Å². The number of non-ortho nitro benzene ring substituents is 1. The lowest BCUT2D eigenvalue weighted by Gasteiger charge is -2.09. The fourth-order valence-corrected chi connectivity index (χ4v) is 3.42. The number of nitrogens with one attached hydrogen (secondary N) is 1. The van der Waals surface area contributed by atoms with Crippen molar-refractivity contribution in [1.29, 1.82) is 0 Å². The SMILES string of the molecule is COc1cc(OC)c(C=NNC(=O)c2nn(Cc3ccc([N+](=O)[O-])cc3)cc2[N+](=O)[O-])cc1Br. The number of aromatic nitrogens is 2. The zero-order valence-electron chi connectivity index (χ0n) is 17.8. The zero-order valence-corrected chi connectivity index (χ0v) is 19.4. The van der Waals surface area contributed by atoms with Gasteiger partial charge in [0.25, 0.3) is 11.6 Å². The lowest BCUT2D eigenvalue weighted by Crippen LogP contribution is -2.20. The third-order valence-corrected chi connectivity index (χ3v) is 5.14. The van der Waals surface area contributed by atoms with Crippen LogP contribution in [0.2, 0.25) is 0 Å². The number of nitro groups is 2. The van der Waals surface area contributed by atoms with Gasteiger partial charge in [0.1, 0.15) is 17.7 Å². The summed E-state index contributed by atoms with van der Waals surface area (Å²) in [5, 5.41) is 30.0. The van der Waals surface area contributed by atoms with Gasteiger partial charge in [-0.3, -0.25) is 29.7 Å². The maximum absolute atomic E-state index is 12.5. The van der Waals surface area contributed by atoms with Gasteiger partial charge in [0.2, 0.25) is 5.69 Å². The standard InChI is InChI=1S/C20H17BrN6O7/c1-33-17-8-18(34-2)15(21)7-13(17)9-22-23-20(28)19-16(27(31)32)11-25(24-19)10-12-3-5-14(6-4-12)26(29)30/h3-9,11H,10H2,1-2H3,(H,23,28). The molecular weight excluding hydrogens is 516 g/mol. The molecule has 0 saturated heterocycles. The topological polar surface area (TPSA) is 164 Å². The average molecular weight is 533 g/mol. The summed E-state index contributed by atoms with van der Waals surface area (Å²) >= 11 is 3.34. The minimum atomic E-state index is -0.892. The predicted molar refractivity (Wildman–Crippen MR) is 123 cm³/mol. The molecule has 14 heteroatoms. The van der Waals surface area contributed by atoms with Crippen molar-refractivity contribution in [2.75, 3.05) is 14.2 Å². The molecule has 0 atom stereocenters. The molecule has 0 unspecified atom stereocenters. The molecule has 34 heavy (non-hydrogen) atoms. The first-order valence-corrected chi connectivity index (χ1v) is 10.2. The number of ether oxygens (including phenoxy) is 2. The molecule has 13 nitrogen and oxygen atoms in total. The molecule has 0 aliphatic carbocycles. The summed E-state index contributed by atoms with van der Waals surface area (Å²) in [6.45, 7) is 0.0620. The number of carbonyl (C=O) groups excluding carboxylic acids is 1. The summed E-state index contributed by atoms with van der Waals surface area (Å²) < 4.78 is 12.3. The molecule has 0 radical (unpaired) electrons. The average Bonchev–Trinajstić information content (AvgIpc) is 3.24. The highest BCUT2D eigenvalue weighted by molar-refractivity contribution is 9.10. The molecule has 1 heterocycles. The van der Waals surface area contributed by atoms with E-state index in [1.54, 1.807) is 12.1 Å². The summed E-state index contributed by atoms with van der Waals surface area (Å²) in [5.41, 5.74) is 2.28. The number of methoxy groups -OCH3 is 2. The molecule has 0 spiro atoms. The van der Waals surface area contributed by atoms with Crippen LogP contribution in [0.15, 0.2) is 52.2 Å². The van der Waals surface area contributed by atoms with Crippen LogP contribution in [0, 0.1) is 20.2 Å². The van der Waals surface area contributed by atoms with Crippen LogP contribution in [0.3, 0.4) is 0 Å². The molecule has 0 aliphatic rings. The largest absolute Gasteiger partial charge is 0.496 e. The number of amides is 1. The number of halogens is 1. The number of hydrogen-bond donors (Lipinski definition) is 1. The van der Waals surface area contributed by atoms with E-state index in [-0.39, 0.29) is 12.2 Å². The first-order chi connectivity index (χ1) is 16.2. The van der Waals surface area contributed by atoms with Gasteiger partial charge in [0, 0.05) is 23.8 Å². The second-order valence-electron chi connectivity index (χ2n) is 6.67. The van der Waals surface area contributed by atoms with Crippen LogP contribution in [-0.4, -0.2) is 46.0 Å². The van der Waals surface area contributed by atoms with E-state index in [4.69, 9.17) is 9.47 Å². The summed E-state index contributed by atoms with van der Waals surface area (Å²) in [7, 11) is 2.96. The Morgan fingerprint density at radius 3 is 2.41 bits per heavy atom. The van der Waals surface area contributed by atoms with Crippen LogP contribution in [0.4, 0.5) is 11.4 Å². The smallest absolute Gasteiger partial charge is 0.320 e. The quantitative estimate of drug-likeness (QED) is 0.249. The van der Waals surface area contributed by atoms with Gasteiger partial charge in [0.05, 0.1) is 41.3 Å². The monoisotopic (exact) mass is 532 g/mol. The van der Waals surface area contributed by atoms with Gasteiger partial charge >= 0.3 is 5.69 Å². The van der Waals surface area contributed by atoms with Crippen molar-refractivity contribution in [3.63, 3.8) is 0 Å². The summed E-state index contributed by atoms with van der Waals surface area (Å²) in [4.78, 5) is 33.4. The molecule has 176 valence electrons. The first-order valence-electron chi connectivity index (χ1n) is 9.43. The van der Waals surface area contributed by atoms with E-state index in [1.807, 2.05) is 0 Å². The first kappa shape index (κ1) is 24.3. The lowest BCUT2D eigenvalue weighted by molar-refractivity contribution is -0.385. The number of hydrogen-bond acceptors (Lipinski definition) is 9. The minimum absolute atomic E-state index is 0.0620. The maximum Gasteiger partial charge on any atom is 0.320 e. The number of nitro benzene ring substituents is 1. The van der Waals surface area contributed by atoms with Gasteiger partial charge in [-0.2, -0.15) is 10.2 Å². The van der Waals surface area contributed by atoms with E-state index >= 15 is 0 Å². The third kappa shape index (κ3) is 5.53. The van der Waals surface area contributed by atoms with Gasteiger partial charge in [0.15, 0.2) is 0 Å². The number of benzene rings is 2. The highest BCUT2D eigenvalue weighted by Crippen LogP contribution is 2.32. The van der Waals surface area contributed by atoms with Crippen LogP contribution >= 0.6 is 15.9 Å². The molecule has 2 aromatic carbocycles. The van der Waals surface area contributed by atoms with Gasteiger partial charge in [-0.25, -0.2) is 5.43 Å². The zero-order chi connectivity index (χ0) is 24.8. The Kier molecular flexibility index (Phi) is 7.53. The van der Waals surface area contributed by atoms with Gasteiger partial charge in [-0.1, -0.05) is 12.1 Å². The van der Waals surface area contributed by atoms with E-state index in [0.717, 1.165) is 6.20 Å². The lowest BCUT2D eigenvalue weighted by atomic mass is 10.2. The Hall–Kier alpha value is -4.33. The number of carbonyl (C=O) groups is 1. The molecule has 3 aromatic rings. The Morgan fingerprint density at radius 2 is 1.82 bits per heavy atom. The van der Waals surface area contributed by atoms with Crippen molar-refractivity contribution in [3.8, 4) is 11.5 Å². The molecular formula is C20H17BrN6O7. The van der Waals surface area contributed by atoms with E-state index in [1.165, 1.54) is 49.4 Å². The Morgan fingerprint density at radius 1 is 1.15 bits per heavy atom. The number of nitrogens with zero attached hydrogens (tertiary/aromatic N) is 5. The molecule has 0 aliphatic heterocycles.